The number of benzene rings is 1. The fourth-order valence-corrected chi connectivity index (χ4v) is 5.93. The molecule has 0 saturated heterocycles. The SMILES string of the molecule is CC(NC(=O)C12CC3CC(CC(C3)C1)C2)c1ccc(I)cc1. The van der Waals surface area contributed by atoms with E-state index < -0.39 is 0 Å². The van der Waals surface area contributed by atoms with E-state index in [4.69, 9.17) is 0 Å². The van der Waals surface area contributed by atoms with Crippen molar-refractivity contribution < 1.29 is 4.79 Å². The third-order valence-electron chi connectivity index (χ3n) is 6.24. The summed E-state index contributed by atoms with van der Waals surface area (Å²) in [5.74, 6) is 2.81. The third kappa shape index (κ3) is 2.59. The third-order valence-corrected chi connectivity index (χ3v) is 6.96. The molecule has 118 valence electrons. The van der Waals surface area contributed by atoms with E-state index in [2.05, 4.69) is 59.1 Å². The van der Waals surface area contributed by atoms with Gasteiger partial charge >= 0.3 is 0 Å². The molecule has 0 spiro atoms. The molecule has 1 atom stereocenters. The van der Waals surface area contributed by atoms with Gasteiger partial charge in [-0.3, -0.25) is 4.79 Å². The highest BCUT2D eigenvalue weighted by atomic mass is 127. The first-order valence-electron chi connectivity index (χ1n) is 8.60. The molecular weight excluding hydrogens is 385 g/mol. The van der Waals surface area contributed by atoms with Gasteiger partial charge in [0.05, 0.1) is 6.04 Å². The minimum Gasteiger partial charge on any atom is -0.349 e. The van der Waals surface area contributed by atoms with Crippen molar-refractivity contribution in [3.63, 3.8) is 0 Å². The van der Waals surface area contributed by atoms with Gasteiger partial charge in [0.25, 0.3) is 0 Å². The normalized spacial score (nSPS) is 37.1. The molecule has 1 N–H and O–H groups in total. The lowest BCUT2D eigenvalue weighted by Crippen LogP contribution is -2.53. The predicted molar refractivity (Wildman–Crippen MR) is 96.3 cm³/mol. The van der Waals surface area contributed by atoms with Crippen molar-refractivity contribution in [1.29, 1.82) is 0 Å². The van der Waals surface area contributed by atoms with E-state index in [1.165, 1.54) is 28.4 Å². The van der Waals surface area contributed by atoms with Gasteiger partial charge in [0.2, 0.25) is 5.91 Å². The maximum absolute atomic E-state index is 13.0. The fraction of sp³-hybridized carbons (Fsp3) is 0.632. The van der Waals surface area contributed by atoms with Crippen LogP contribution in [0.5, 0.6) is 0 Å². The second-order valence-electron chi connectivity index (χ2n) is 7.94. The highest BCUT2D eigenvalue weighted by molar-refractivity contribution is 14.1. The van der Waals surface area contributed by atoms with Gasteiger partial charge in [-0.25, -0.2) is 0 Å². The lowest BCUT2D eigenvalue weighted by atomic mass is 9.49. The molecule has 22 heavy (non-hydrogen) atoms. The van der Waals surface area contributed by atoms with Crippen LogP contribution in [0, 0.1) is 26.7 Å². The van der Waals surface area contributed by atoms with Crippen molar-refractivity contribution in [2.75, 3.05) is 0 Å². The minimum atomic E-state index is -0.0355. The quantitative estimate of drug-likeness (QED) is 0.722. The van der Waals surface area contributed by atoms with Gasteiger partial charge < -0.3 is 5.32 Å². The van der Waals surface area contributed by atoms with E-state index in [-0.39, 0.29) is 11.5 Å². The van der Waals surface area contributed by atoms with Crippen LogP contribution >= 0.6 is 22.6 Å². The lowest BCUT2D eigenvalue weighted by molar-refractivity contribution is -0.147. The van der Waals surface area contributed by atoms with E-state index in [0.717, 1.165) is 37.0 Å². The average molecular weight is 409 g/mol. The molecule has 4 aliphatic carbocycles. The number of amides is 1. The number of carbonyl (C=O) groups excluding carboxylic acids is 1. The van der Waals surface area contributed by atoms with Crippen molar-refractivity contribution >= 4 is 28.5 Å². The lowest BCUT2D eigenvalue weighted by Gasteiger charge is -2.55. The van der Waals surface area contributed by atoms with Crippen LogP contribution in [0.2, 0.25) is 0 Å². The van der Waals surface area contributed by atoms with E-state index in [1.54, 1.807) is 0 Å². The summed E-state index contributed by atoms with van der Waals surface area (Å²) in [5.41, 5.74) is 1.17. The molecule has 4 bridgehead atoms. The Morgan fingerprint density at radius 1 is 1.09 bits per heavy atom. The zero-order chi connectivity index (χ0) is 15.3. The zero-order valence-electron chi connectivity index (χ0n) is 13.1. The van der Waals surface area contributed by atoms with Crippen LogP contribution in [-0.4, -0.2) is 5.91 Å². The zero-order valence-corrected chi connectivity index (χ0v) is 15.3. The largest absolute Gasteiger partial charge is 0.349 e. The topological polar surface area (TPSA) is 29.1 Å². The van der Waals surface area contributed by atoms with Gasteiger partial charge in [0.1, 0.15) is 0 Å². The van der Waals surface area contributed by atoms with Crippen molar-refractivity contribution in [3.05, 3.63) is 33.4 Å². The van der Waals surface area contributed by atoms with Crippen LogP contribution in [0.3, 0.4) is 0 Å². The summed E-state index contributed by atoms with van der Waals surface area (Å²) in [6.45, 7) is 2.11. The van der Waals surface area contributed by atoms with Gasteiger partial charge in [-0.2, -0.15) is 0 Å². The highest BCUT2D eigenvalue weighted by Gasteiger charge is 2.54. The number of halogens is 1. The van der Waals surface area contributed by atoms with Crippen molar-refractivity contribution in [3.8, 4) is 0 Å². The molecule has 0 aromatic heterocycles. The standard InChI is InChI=1S/C19H24INO/c1-12(16-2-4-17(20)5-3-16)21-18(22)19-9-13-6-14(10-19)8-15(7-13)11-19/h2-5,12-15H,6-11H2,1H3,(H,21,22). The maximum atomic E-state index is 13.0. The van der Waals surface area contributed by atoms with Gasteiger partial charge in [-0.1, -0.05) is 12.1 Å². The number of carbonyl (C=O) groups is 1. The molecule has 5 rings (SSSR count). The van der Waals surface area contributed by atoms with Crippen molar-refractivity contribution in [1.82, 2.24) is 5.32 Å². The molecule has 1 aromatic carbocycles. The average Bonchev–Trinajstić information content (AvgIpc) is 2.46. The van der Waals surface area contributed by atoms with E-state index >= 15 is 0 Å². The Hall–Kier alpha value is -0.580. The fourth-order valence-electron chi connectivity index (χ4n) is 5.57. The maximum Gasteiger partial charge on any atom is 0.226 e. The Morgan fingerprint density at radius 2 is 1.59 bits per heavy atom. The Bertz CT molecular complexity index is 544. The van der Waals surface area contributed by atoms with Gasteiger partial charge in [-0.05, 0) is 103 Å². The van der Waals surface area contributed by atoms with E-state index in [0.29, 0.717) is 5.91 Å². The number of hydrogen-bond acceptors (Lipinski definition) is 1. The summed E-state index contributed by atoms with van der Waals surface area (Å²) in [6, 6.07) is 8.60. The van der Waals surface area contributed by atoms with Gasteiger partial charge in [-0.15, -0.1) is 0 Å². The predicted octanol–water partition coefficient (Wildman–Crippen LogP) is 4.68. The molecule has 4 fully saturated rings. The van der Waals surface area contributed by atoms with Crippen LogP contribution in [-0.2, 0) is 4.79 Å². The molecular formula is C19H24INO. The molecule has 2 nitrogen and oxygen atoms in total. The summed E-state index contributed by atoms with van der Waals surface area (Å²) in [6.07, 6.45) is 7.59. The summed E-state index contributed by atoms with van der Waals surface area (Å²) in [5, 5.41) is 3.33. The van der Waals surface area contributed by atoms with Crippen LogP contribution in [0.15, 0.2) is 24.3 Å². The van der Waals surface area contributed by atoms with E-state index in [1.807, 2.05) is 0 Å². The molecule has 4 saturated carbocycles. The van der Waals surface area contributed by atoms with Crippen molar-refractivity contribution in [2.45, 2.75) is 51.5 Å². The minimum absolute atomic E-state index is 0.0355. The second kappa shape index (κ2) is 5.50. The molecule has 1 amide bonds. The molecule has 0 radical (unpaired) electrons. The van der Waals surface area contributed by atoms with Crippen LogP contribution < -0.4 is 5.32 Å². The number of rotatable bonds is 3. The highest BCUT2D eigenvalue weighted by Crippen LogP contribution is 2.60. The molecule has 1 aromatic rings. The van der Waals surface area contributed by atoms with E-state index in [9.17, 15) is 4.79 Å². The molecule has 0 aliphatic heterocycles. The summed E-state index contributed by atoms with van der Waals surface area (Å²) in [4.78, 5) is 13.0. The first kappa shape index (κ1) is 15.0. The monoisotopic (exact) mass is 409 g/mol. The number of hydrogen-bond donors (Lipinski definition) is 1. The van der Waals surface area contributed by atoms with Crippen LogP contribution in [0.4, 0.5) is 0 Å². The number of nitrogens with one attached hydrogen (secondary N) is 1. The van der Waals surface area contributed by atoms with Gasteiger partial charge in [0.15, 0.2) is 0 Å². The summed E-state index contributed by atoms with van der Waals surface area (Å²) in [7, 11) is 0. The Balaban J connectivity index is 1.49. The van der Waals surface area contributed by atoms with Crippen molar-refractivity contribution in [2.24, 2.45) is 23.2 Å². The van der Waals surface area contributed by atoms with Gasteiger partial charge in [0, 0.05) is 8.99 Å². The van der Waals surface area contributed by atoms with Crippen LogP contribution in [0.25, 0.3) is 0 Å². The Kier molecular flexibility index (Phi) is 3.74. The molecule has 0 heterocycles. The Morgan fingerprint density at radius 3 is 2.09 bits per heavy atom. The molecule has 3 heteroatoms. The first-order chi connectivity index (χ1) is 10.5. The smallest absolute Gasteiger partial charge is 0.226 e. The molecule has 1 unspecified atom stereocenters. The first-order valence-corrected chi connectivity index (χ1v) is 9.68. The Labute approximate surface area is 146 Å². The summed E-state index contributed by atoms with van der Waals surface area (Å²) < 4.78 is 1.24. The molecule has 4 aliphatic rings. The van der Waals surface area contributed by atoms with Crippen LogP contribution in [0.1, 0.15) is 57.1 Å². The summed E-state index contributed by atoms with van der Waals surface area (Å²) >= 11 is 2.32. The second-order valence-corrected chi connectivity index (χ2v) is 9.19.